The summed E-state index contributed by atoms with van der Waals surface area (Å²) in [6.07, 6.45) is 4.05. The maximum absolute atomic E-state index is 12.9. The largest absolute Gasteiger partial charge is 0.381 e. The van der Waals surface area contributed by atoms with E-state index in [0.717, 1.165) is 18.2 Å². The predicted octanol–water partition coefficient (Wildman–Crippen LogP) is 1.73. The first-order valence-corrected chi connectivity index (χ1v) is 5.92. The molecule has 3 fully saturated rings. The number of hydrogen-bond acceptors (Lipinski definition) is 3. The molecule has 16 heavy (non-hydrogen) atoms. The summed E-state index contributed by atoms with van der Waals surface area (Å²) < 4.78 is 12.9. The van der Waals surface area contributed by atoms with E-state index in [-0.39, 0.29) is 0 Å². The molecule has 0 aromatic carbocycles. The molecule has 0 saturated carbocycles. The van der Waals surface area contributed by atoms with Gasteiger partial charge in [-0.2, -0.15) is 4.39 Å². The highest BCUT2D eigenvalue weighted by atomic mass is 19.1. The van der Waals surface area contributed by atoms with Gasteiger partial charge in [0.1, 0.15) is 0 Å². The fourth-order valence-corrected chi connectivity index (χ4v) is 2.83. The van der Waals surface area contributed by atoms with Gasteiger partial charge in [-0.05, 0) is 37.9 Å². The van der Waals surface area contributed by atoms with Crippen molar-refractivity contribution in [2.45, 2.75) is 18.9 Å². The van der Waals surface area contributed by atoms with Gasteiger partial charge < -0.3 is 10.2 Å². The number of pyridine rings is 1. The lowest BCUT2D eigenvalue weighted by atomic mass is 9.84. The van der Waals surface area contributed by atoms with Gasteiger partial charge in [0.15, 0.2) is 0 Å². The van der Waals surface area contributed by atoms with Gasteiger partial charge in [0.25, 0.3) is 0 Å². The van der Waals surface area contributed by atoms with Crippen LogP contribution in [0.4, 0.5) is 10.1 Å². The van der Waals surface area contributed by atoms with Crippen LogP contribution in [0.5, 0.6) is 0 Å². The van der Waals surface area contributed by atoms with Crippen LogP contribution in [0.15, 0.2) is 18.3 Å². The number of piperidine rings is 3. The maximum atomic E-state index is 12.9. The monoisotopic (exact) mass is 221 g/mol. The lowest BCUT2D eigenvalue weighted by Crippen LogP contribution is -2.53. The Bertz CT molecular complexity index is 374. The molecular formula is C12H16FN3. The van der Waals surface area contributed by atoms with Gasteiger partial charge in [0, 0.05) is 30.5 Å². The van der Waals surface area contributed by atoms with E-state index >= 15 is 0 Å². The SMILES string of the molecule is Fc1cc(NC2CN3CCC2CC3)ccn1. The number of fused-ring (bicyclic) bond motifs is 3. The summed E-state index contributed by atoms with van der Waals surface area (Å²) in [5, 5.41) is 3.43. The van der Waals surface area contributed by atoms with Crippen molar-refractivity contribution in [3.8, 4) is 0 Å². The number of rotatable bonds is 2. The minimum absolute atomic E-state index is 0.411. The molecule has 0 spiro atoms. The summed E-state index contributed by atoms with van der Waals surface area (Å²) in [7, 11) is 0. The van der Waals surface area contributed by atoms with Crippen LogP contribution < -0.4 is 5.32 Å². The number of halogens is 1. The lowest BCUT2D eigenvalue weighted by molar-refractivity contribution is 0.0975. The summed E-state index contributed by atoms with van der Waals surface area (Å²) in [6, 6.07) is 3.78. The highest BCUT2D eigenvalue weighted by Gasteiger charge is 2.33. The molecule has 3 saturated heterocycles. The number of aromatic nitrogens is 1. The molecule has 1 unspecified atom stereocenters. The molecule has 1 aromatic heterocycles. The standard InChI is InChI=1S/C12H16FN3/c13-12-7-10(1-4-14-12)15-11-8-16-5-2-9(11)3-6-16/h1,4,7,9,11H,2-3,5-6,8H2,(H,14,15). The molecule has 3 aliphatic heterocycles. The highest BCUT2D eigenvalue weighted by molar-refractivity contribution is 5.42. The van der Waals surface area contributed by atoms with E-state index in [4.69, 9.17) is 0 Å². The van der Waals surface area contributed by atoms with E-state index < -0.39 is 5.95 Å². The lowest BCUT2D eigenvalue weighted by Gasteiger charge is -2.45. The molecular weight excluding hydrogens is 205 g/mol. The van der Waals surface area contributed by atoms with Crippen LogP contribution in [0.25, 0.3) is 0 Å². The van der Waals surface area contributed by atoms with Crippen molar-refractivity contribution in [3.05, 3.63) is 24.3 Å². The third kappa shape index (κ3) is 1.89. The van der Waals surface area contributed by atoms with Crippen LogP contribution >= 0.6 is 0 Å². The van der Waals surface area contributed by atoms with E-state index in [1.165, 1.54) is 38.2 Å². The van der Waals surface area contributed by atoms with Crippen LogP contribution in [0.1, 0.15) is 12.8 Å². The van der Waals surface area contributed by atoms with Gasteiger partial charge in [-0.15, -0.1) is 0 Å². The van der Waals surface area contributed by atoms with Crippen molar-refractivity contribution in [1.29, 1.82) is 0 Å². The van der Waals surface area contributed by atoms with Crippen LogP contribution in [-0.4, -0.2) is 35.6 Å². The Morgan fingerprint density at radius 3 is 2.81 bits per heavy atom. The molecule has 4 heteroatoms. The number of nitrogens with zero attached hydrogens (tertiary/aromatic N) is 2. The molecule has 3 aliphatic rings. The van der Waals surface area contributed by atoms with Gasteiger partial charge in [-0.3, -0.25) is 0 Å². The summed E-state index contributed by atoms with van der Waals surface area (Å²) in [4.78, 5) is 6.05. The first-order chi connectivity index (χ1) is 7.81. The van der Waals surface area contributed by atoms with Gasteiger partial charge in [0.2, 0.25) is 5.95 Å². The zero-order chi connectivity index (χ0) is 11.0. The van der Waals surface area contributed by atoms with Crippen molar-refractivity contribution >= 4 is 5.69 Å². The van der Waals surface area contributed by atoms with Crippen molar-refractivity contribution in [2.75, 3.05) is 25.0 Å². The molecule has 0 amide bonds. The fourth-order valence-electron chi connectivity index (χ4n) is 2.83. The first kappa shape index (κ1) is 10.0. The zero-order valence-corrected chi connectivity index (χ0v) is 9.19. The zero-order valence-electron chi connectivity index (χ0n) is 9.19. The molecule has 4 rings (SSSR count). The Kier molecular flexibility index (Phi) is 2.52. The van der Waals surface area contributed by atoms with E-state index in [1.807, 2.05) is 6.07 Å². The van der Waals surface area contributed by atoms with Crippen LogP contribution in [-0.2, 0) is 0 Å². The van der Waals surface area contributed by atoms with Gasteiger partial charge in [-0.25, -0.2) is 4.98 Å². The Morgan fingerprint density at radius 2 is 2.19 bits per heavy atom. The average molecular weight is 221 g/mol. The molecule has 1 atom stereocenters. The Balaban J connectivity index is 1.71. The van der Waals surface area contributed by atoms with E-state index in [2.05, 4.69) is 15.2 Å². The highest BCUT2D eigenvalue weighted by Crippen LogP contribution is 2.29. The topological polar surface area (TPSA) is 28.2 Å². The van der Waals surface area contributed by atoms with Gasteiger partial charge >= 0.3 is 0 Å². The minimum Gasteiger partial charge on any atom is -0.381 e. The number of anilines is 1. The fraction of sp³-hybridized carbons (Fsp3) is 0.583. The molecule has 3 nitrogen and oxygen atoms in total. The molecule has 1 N–H and O–H groups in total. The third-order valence-electron chi connectivity index (χ3n) is 3.73. The minimum atomic E-state index is -0.411. The van der Waals surface area contributed by atoms with Crippen molar-refractivity contribution < 1.29 is 4.39 Å². The van der Waals surface area contributed by atoms with E-state index in [1.54, 1.807) is 0 Å². The molecule has 2 bridgehead atoms. The number of nitrogens with one attached hydrogen (secondary N) is 1. The second kappa shape index (κ2) is 4.01. The molecule has 0 aliphatic carbocycles. The Morgan fingerprint density at radius 1 is 1.38 bits per heavy atom. The quantitative estimate of drug-likeness (QED) is 0.771. The molecule has 4 heterocycles. The van der Waals surface area contributed by atoms with Crippen LogP contribution in [0, 0.1) is 11.9 Å². The summed E-state index contributed by atoms with van der Waals surface area (Å²) in [5.74, 6) is 0.340. The Hall–Kier alpha value is -1.16. The van der Waals surface area contributed by atoms with Crippen LogP contribution in [0.2, 0.25) is 0 Å². The van der Waals surface area contributed by atoms with Crippen molar-refractivity contribution in [2.24, 2.45) is 5.92 Å². The third-order valence-corrected chi connectivity index (χ3v) is 3.73. The summed E-state index contributed by atoms with van der Waals surface area (Å²) in [5.41, 5.74) is 0.853. The van der Waals surface area contributed by atoms with Crippen LogP contribution in [0.3, 0.4) is 0 Å². The summed E-state index contributed by atoms with van der Waals surface area (Å²) in [6.45, 7) is 3.55. The van der Waals surface area contributed by atoms with E-state index in [0.29, 0.717) is 6.04 Å². The second-order valence-electron chi connectivity index (χ2n) is 4.76. The van der Waals surface area contributed by atoms with Crippen molar-refractivity contribution in [3.63, 3.8) is 0 Å². The molecule has 86 valence electrons. The Labute approximate surface area is 94.7 Å². The van der Waals surface area contributed by atoms with Gasteiger partial charge in [-0.1, -0.05) is 0 Å². The smallest absolute Gasteiger partial charge is 0.214 e. The number of hydrogen-bond donors (Lipinski definition) is 1. The maximum Gasteiger partial charge on any atom is 0.214 e. The molecule has 0 radical (unpaired) electrons. The molecule has 1 aromatic rings. The normalized spacial score (nSPS) is 32.7. The van der Waals surface area contributed by atoms with Gasteiger partial charge in [0.05, 0.1) is 0 Å². The second-order valence-corrected chi connectivity index (χ2v) is 4.76. The predicted molar refractivity (Wildman–Crippen MR) is 60.8 cm³/mol. The summed E-state index contributed by atoms with van der Waals surface area (Å²) >= 11 is 0. The van der Waals surface area contributed by atoms with E-state index in [9.17, 15) is 4.39 Å². The first-order valence-electron chi connectivity index (χ1n) is 5.92. The average Bonchev–Trinajstić information content (AvgIpc) is 2.30. The van der Waals surface area contributed by atoms with Crippen molar-refractivity contribution in [1.82, 2.24) is 9.88 Å².